The number of rotatable bonds is 7. The molecule has 136 valence electrons. The van der Waals surface area contributed by atoms with Crippen molar-refractivity contribution in [3.63, 3.8) is 0 Å². The Kier molecular flexibility index (Phi) is 6.82. The quantitative estimate of drug-likeness (QED) is 0.588. The Bertz CT molecular complexity index is 692. The Morgan fingerprint density at radius 1 is 1.24 bits per heavy atom. The maximum Gasteiger partial charge on any atom is 0.191 e. The van der Waals surface area contributed by atoms with Gasteiger partial charge in [0.05, 0.1) is 12.1 Å². The van der Waals surface area contributed by atoms with Gasteiger partial charge < -0.3 is 15.4 Å². The van der Waals surface area contributed by atoms with Gasteiger partial charge in [-0.05, 0) is 24.6 Å². The first-order chi connectivity index (χ1) is 11.9. The predicted octanol–water partition coefficient (Wildman–Crippen LogP) is 3.15. The zero-order valence-electron chi connectivity index (χ0n) is 15.7. The average molecular weight is 361 g/mol. The van der Waals surface area contributed by atoms with E-state index in [0.29, 0.717) is 0 Å². The number of methoxy groups -OCH3 is 1. The molecule has 0 aliphatic heterocycles. The van der Waals surface area contributed by atoms with Crippen LogP contribution in [-0.2, 0) is 11.8 Å². The van der Waals surface area contributed by atoms with Crippen molar-refractivity contribution in [2.45, 2.75) is 32.6 Å². The molecule has 0 aliphatic rings. The van der Waals surface area contributed by atoms with Gasteiger partial charge in [0, 0.05) is 43.0 Å². The summed E-state index contributed by atoms with van der Waals surface area (Å²) in [6, 6.07) is 8.23. The third-order valence-corrected chi connectivity index (χ3v) is 5.07. The van der Waals surface area contributed by atoms with Gasteiger partial charge in [0.1, 0.15) is 5.75 Å². The van der Waals surface area contributed by atoms with E-state index in [1.165, 1.54) is 10.4 Å². The molecule has 5 nitrogen and oxygen atoms in total. The van der Waals surface area contributed by atoms with Gasteiger partial charge in [-0.25, -0.2) is 4.98 Å². The smallest absolute Gasteiger partial charge is 0.191 e. The third kappa shape index (κ3) is 5.74. The fraction of sp³-hybridized carbons (Fsp3) is 0.474. The van der Waals surface area contributed by atoms with Gasteiger partial charge in [-0.3, -0.25) is 4.99 Å². The Hall–Kier alpha value is -2.08. The minimum absolute atomic E-state index is 0.0175. The van der Waals surface area contributed by atoms with Crippen molar-refractivity contribution in [1.82, 2.24) is 15.6 Å². The molecule has 0 unspecified atom stereocenters. The zero-order chi connectivity index (χ0) is 18.3. The number of thiazole rings is 1. The lowest BCUT2D eigenvalue weighted by atomic mass is 9.84. The average Bonchev–Trinajstić information content (AvgIpc) is 3.03. The SMILES string of the molecule is CN=C(NCCc1ncc(C)s1)NCC(C)(C)c1ccc(OC)cc1. The van der Waals surface area contributed by atoms with Crippen LogP contribution in [0.5, 0.6) is 5.75 Å². The summed E-state index contributed by atoms with van der Waals surface area (Å²) in [5, 5.41) is 7.93. The van der Waals surface area contributed by atoms with E-state index in [9.17, 15) is 0 Å². The summed E-state index contributed by atoms with van der Waals surface area (Å²) in [4.78, 5) is 9.94. The molecule has 2 N–H and O–H groups in total. The molecule has 0 radical (unpaired) electrons. The van der Waals surface area contributed by atoms with Crippen LogP contribution in [0.25, 0.3) is 0 Å². The standard InChI is InChI=1S/C19H28N4OS/c1-14-12-22-17(25-14)10-11-21-18(20-4)23-13-19(2,3)15-6-8-16(24-5)9-7-15/h6-9,12H,10-11,13H2,1-5H3,(H2,20,21,23). The van der Waals surface area contributed by atoms with Crippen LogP contribution in [0.4, 0.5) is 0 Å². The highest BCUT2D eigenvalue weighted by atomic mass is 32.1. The van der Waals surface area contributed by atoms with Gasteiger partial charge in [0.2, 0.25) is 0 Å². The third-order valence-electron chi connectivity index (χ3n) is 4.09. The van der Waals surface area contributed by atoms with Gasteiger partial charge in [-0.1, -0.05) is 26.0 Å². The summed E-state index contributed by atoms with van der Waals surface area (Å²) in [6.07, 6.45) is 2.82. The highest BCUT2D eigenvalue weighted by Gasteiger charge is 2.21. The first kappa shape index (κ1) is 19.2. The lowest BCUT2D eigenvalue weighted by Crippen LogP contribution is -2.44. The summed E-state index contributed by atoms with van der Waals surface area (Å²) < 4.78 is 5.23. The van der Waals surface area contributed by atoms with E-state index in [-0.39, 0.29) is 5.41 Å². The number of hydrogen-bond donors (Lipinski definition) is 2. The second kappa shape index (κ2) is 8.85. The molecule has 0 fully saturated rings. The van der Waals surface area contributed by atoms with E-state index in [1.807, 2.05) is 18.3 Å². The summed E-state index contributed by atoms with van der Waals surface area (Å²) in [7, 11) is 3.48. The van der Waals surface area contributed by atoms with Gasteiger partial charge in [0.15, 0.2) is 5.96 Å². The number of nitrogens with one attached hydrogen (secondary N) is 2. The van der Waals surface area contributed by atoms with E-state index in [4.69, 9.17) is 4.74 Å². The van der Waals surface area contributed by atoms with Crippen molar-refractivity contribution in [2.24, 2.45) is 4.99 Å². The van der Waals surface area contributed by atoms with E-state index in [0.717, 1.165) is 36.2 Å². The largest absolute Gasteiger partial charge is 0.497 e. The Labute approximate surface area is 154 Å². The second-order valence-corrected chi connectivity index (χ2v) is 7.90. The van der Waals surface area contributed by atoms with Crippen LogP contribution in [0.1, 0.15) is 29.3 Å². The van der Waals surface area contributed by atoms with Crippen molar-refractivity contribution in [2.75, 3.05) is 27.2 Å². The zero-order valence-corrected chi connectivity index (χ0v) is 16.5. The molecule has 25 heavy (non-hydrogen) atoms. The fourth-order valence-electron chi connectivity index (χ4n) is 2.47. The molecule has 6 heteroatoms. The van der Waals surface area contributed by atoms with Crippen LogP contribution in [0.15, 0.2) is 35.5 Å². The van der Waals surface area contributed by atoms with Crippen LogP contribution in [0.2, 0.25) is 0 Å². The number of benzene rings is 1. The predicted molar refractivity (Wildman–Crippen MR) is 106 cm³/mol. The van der Waals surface area contributed by atoms with E-state index in [2.05, 4.69) is 53.5 Å². The topological polar surface area (TPSA) is 58.5 Å². The normalized spacial score (nSPS) is 12.1. The highest BCUT2D eigenvalue weighted by Crippen LogP contribution is 2.24. The van der Waals surface area contributed by atoms with Crippen LogP contribution < -0.4 is 15.4 Å². The van der Waals surface area contributed by atoms with Gasteiger partial charge in [0.25, 0.3) is 0 Å². The highest BCUT2D eigenvalue weighted by molar-refractivity contribution is 7.11. The van der Waals surface area contributed by atoms with E-state index in [1.54, 1.807) is 25.5 Å². The van der Waals surface area contributed by atoms with Crippen molar-refractivity contribution >= 4 is 17.3 Å². The summed E-state index contributed by atoms with van der Waals surface area (Å²) >= 11 is 1.74. The minimum Gasteiger partial charge on any atom is -0.497 e. The maximum absolute atomic E-state index is 5.23. The molecular weight excluding hydrogens is 332 g/mol. The number of hydrogen-bond acceptors (Lipinski definition) is 4. The molecule has 1 aromatic carbocycles. The van der Waals surface area contributed by atoms with Gasteiger partial charge in [-0.15, -0.1) is 11.3 Å². The summed E-state index contributed by atoms with van der Waals surface area (Å²) in [6.45, 7) is 8.11. The summed E-state index contributed by atoms with van der Waals surface area (Å²) in [5.41, 5.74) is 1.24. The van der Waals surface area contributed by atoms with Crippen molar-refractivity contribution in [3.05, 3.63) is 45.9 Å². The molecular formula is C19H28N4OS. The second-order valence-electron chi connectivity index (χ2n) is 6.58. The van der Waals surface area contributed by atoms with Gasteiger partial charge >= 0.3 is 0 Å². The number of aryl methyl sites for hydroxylation is 1. The number of ether oxygens (including phenoxy) is 1. The molecule has 2 rings (SSSR count). The first-order valence-corrected chi connectivity index (χ1v) is 9.26. The van der Waals surface area contributed by atoms with Crippen LogP contribution in [-0.4, -0.2) is 38.2 Å². The lowest BCUT2D eigenvalue weighted by molar-refractivity contribution is 0.414. The monoisotopic (exact) mass is 360 g/mol. The molecule has 0 atom stereocenters. The number of aliphatic imine (C=N–C) groups is 1. The molecule has 1 aromatic heterocycles. The van der Waals surface area contributed by atoms with Crippen LogP contribution in [0, 0.1) is 6.92 Å². The Morgan fingerprint density at radius 3 is 2.52 bits per heavy atom. The molecule has 0 saturated carbocycles. The maximum atomic E-state index is 5.23. The molecule has 0 saturated heterocycles. The van der Waals surface area contributed by atoms with Crippen molar-refractivity contribution < 1.29 is 4.74 Å². The minimum atomic E-state index is -0.0175. The summed E-state index contributed by atoms with van der Waals surface area (Å²) in [5.74, 6) is 1.69. The first-order valence-electron chi connectivity index (χ1n) is 8.45. The number of guanidine groups is 1. The number of nitrogens with zero attached hydrogens (tertiary/aromatic N) is 2. The van der Waals surface area contributed by atoms with Crippen molar-refractivity contribution in [1.29, 1.82) is 0 Å². The molecule has 1 heterocycles. The lowest BCUT2D eigenvalue weighted by Gasteiger charge is -2.27. The molecule has 0 spiro atoms. The molecule has 0 bridgehead atoms. The van der Waals surface area contributed by atoms with Gasteiger partial charge in [-0.2, -0.15) is 0 Å². The number of aromatic nitrogens is 1. The van der Waals surface area contributed by atoms with Crippen LogP contribution in [0.3, 0.4) is 0 Å². The fourth-order valence-corrected chi connectivity index (χ4v) is 3.26. The molecule has 2 aromatic rings. The Morgan fingerprint density at radius 2 is 1.96 bits per heavy atom. The molecule has 0 amide bonds. The van der Waals surface area contributed by atoms with E-state index < -0.39 is 0 Å². The van der Waals surface area contributed by atoms with E-state index >= 15 is 0 Å². The van der Waals surface area contributed by atoms with Crippen molar-refractivity contribution in [3.8, 4) is 5.75 Å². The Balaban J connectivity index is 1.83. The molecule has 0 aliphatic carbocycles. The van der Waals surface area contributed by atoms with Crippen LogP contribution >= 0.6 is 11.3 Å².